The van der Waals surface area contributed by atoms with Crippen LogP contribution in [0.2, 0.25) is 5.02 Å². The lowest BCUT2D eigenvalue weighted by Gasteiger charge is -2.19. The van der Waals surface area contributed by atoms with Crippen LogP contribution in [0.25, 0.3) is 0 Å². The summed E-state index contributed by atoms with van der Waals surface area (Å²) >= 11 is 5.81. The van der Waals surface area contributed by atoms with Crippen molar-refractivity contribution in [2.24, 2.45) is 0 Å². The van der Waals surface area contributed by atoms with E-state index in [4.69, 9.17) is 11.6 Å². The fourth-order valence-corrected chi connectivity index (χ4v) is 4.16. The van der Waals surface area contributed by atoms with Gasteiger partial charge in [0.15, 0.2) is 0 Å². The number of hydrogen-bond acceptors (Lipinski definition) is 3. The van der Waals surface area contributed by atoms with Crippen LogP contribution >= 0.6 is 11.6 Å². The van der Waals surface area contributed by atoms with Crippen molar-refractivity contribution in [2.75, 3.05) is 4.72 Å². The molecule has 1 atom stereocenters. The smallest absolute Gasteiger partial charge is 0.261 e. The summed E-state index contributed by atoms with van der Waals surface area (Å²) in [5, 5.41) is 3.23. The largest absolute Gasteiger partial charge is 0.345 e. The summed E-state index contributed by atoms with van der Waals surface area (Å²) in [5.74, 6) is -1.23. The van der Waals surface area contributed by atoms with Gasteiger partial charge in [-0.2, -0.15) is 0 Å². The first-order valence-electron chi connectivity index (χ1n) is 9.24. The Kier molecular flexibility index (Phi) is 6.74. The zero-order chi connectivity index (χ0) is 21.7. The van der Waals surface area contributed by atoms with Gasteiger partial charge in [0.05, 0.1) is 22.2 Å². The maximum Gasteiger partial charge on any atom is 0.261 e. The van der Waals surface area contributed by atoms with E-state index in [2.05, 4.69) is 10.0 Å². The molecule has 0 bridgehead atoms. The predicted molar refractivity (Wildman–Crippen MR) is 116 cm³/mol. The van der Waals surface area contributed by atoms with E-state index in [1.54, 1.807) is 0 Å². The fraction of sp³-hybridized carbons (Fsp3) is 0.136. The molecule has 3 aromatic carbocycles. The van der Waals surface area contributed by atoms with Gasteiger partial charge in [0.2, 0.25) is 0 Å². The van der Waals surface area contributed by atoms with E-state index in [-0.39, 0.29) is 22.2 Å². The van der Waals surface area contributed by atoms with Crippen molar-refractivity contribution in [2.45, 2.75) is 24.3 Å². The Morgan fingerprint density at radius 1 is 1.03 bits per heavy atom. The van der Waals surface area contributed by atoms with Crippen LogP contribution in [0.3, 0.4) is 0 Å². The number of anilines is 1. The highest BCUT2D eigenvalue weighted by Gasteiger charge is 2.21. The second-order valence-corrected chi connectivity index (χ2v) is 8.71. The quantitative estimate of drug-likeness (QED) is 0.526. The normalized spacial score (nSPS) is 12.2. The summed E-state index contributed by atoms with van der Waals surface area (Å²) in [6, 6.07) is 17.9. The highest BCUT2D eigenvalue weighted by Crippen LogP contribution is 2.24. The highest BCUT2D eigenvalue weighted by atomic mass is 35.5. The standard InChI is InChI=1S/C22H20ClFN2O3S/c1-2-20(15-6-4-3-5-7-15)25-22(27)19-14-17(24)10-13-21(19)26-30(28,29)18-11-8-16(23)9-12-18/h3-14,20,26H,2H2,1H3,(H,25,27)/t20-/m0/s1. The number of rotatable bonds is 7. The maximum absolute atomic E-state index is 13.9. The number of halogens is 2. The first-order chi connectivity index (χ1) is 14.3. The molecular formula is C22H20ClFN2O3S. The van der Waals surface area contributed by atoms with Crippen molar-refractivity contribution in [3.05, 3.63) is 94.8 Å². The molecule has 0 spiro atoms. The number of carbonyl (C=O) groups is 1. The number of nitrogens with one attached hydrogen (secondary N) is 2. The fourth-order valence-electron chi connectivity index (χ4n) is 2.95. The molecule has 156 valence electrons. The second-order valence-electron chi connectivity index (χ2n) is 6.59. The Balaban J connectivity index is 1.89. The summed E-state index contributed by atoms with van der Waals surface area (Å²) in [6.07, 6.45) is 0.608. The Labute approximate surface area is 179 Å². The van der Waals surface area contributed by atoms with Crippen molar-refractivity contribution < 1.29 is 17.6 Å². The number of hydrogen-bond donors (Lipinski definition) is 2. The van der Waals surface area contributed by atoms with Crippen LogP contribution < -0.4 is 10.0 Å². The Morgan fingerprint density at radius 3 is 2.33 bits per heavy atom. The molecule has 0 aliphatic carbocycles. The minimum Gasteiger partial charge on any atom is -0.345 e. The van der Waals surface area contributed by atoms with Gasteiger partial charge in [-0.3, -0.25) is 9.52 Å². The average Bonchev–Trinajstić information content (AvgIpc) is 2.74. The number of benzene rings is 3. The molecule has 30 heavy (non-hydrogen) atoms. The lowest BCUT2D eigenvalue weighted by molar-refractivity contribution is 0.0936. The molecule has 0 saturated heterocycles. The van der Waals surface area contributed by atoms with Crippen molar-refractivity contribution in [3.63, 3.8) is 0 Å². The monoisotopic (exact) mass is 446 g/mol. The summed E-state index contributed by atoms with van der Waals surface area (Å²) in [7, 11) is -4.00. The average molecular weight is 447 g/mol. The number of sulfonamides is 1. The van der Waals surface area contributed by atoms with Gasteiger partial charge in [-0.15, -0.1) is 0 Å². The molecule has 0 saturated carbocycles. The minimum atomic E-state index is -4.00. The molecule has 5 nitrogen and oxygen atoms in total. The van der Waals surface area contributed by atoms with Gasteiger partial charge in [0.1, 0.15) is 5.82 Å². The highest BCUT2D eigenvalue weighted by molar-refractivity contribution is 7.92. The van der Waals surface area contributed by atoms with Crippen molar-refractivity contribution in [1.82, 2.24) is 5.32 Å². The lowest BCUT2D eigenvalue weighted by Crippen LogP contribution is -2.29. The Morgan fingerprint density at radius 2 is 1.70 bits per heavy atom. The van der Waals surface area contributed by atoms with E-state index in [0.717, 1.165) is 17.7 Å². The van der Waals surface area contributed by atoms with Crippen molar-refractivity contribution in [3.8, 4) is 0 Å². The second kappa shape index (κ2) is 9.28. The summed E-state index contributed by atoms with van der Waals surface area (Å²) < 4.78 is 41.6. The number of carbonyl (C=O) groups excluding carboxylic acids is 1. The molecule has 2 N–H and O–H groups in total. The first kappa shape index (κ1) is 21.8. The van der Waals surface area contributed by atoms with E-state index in [1.807, 2.05) is 37.3 Å². The summed E-state index contributed by atoms with van der Waals surface area (Å²) in [5.41, 5.74) is 0.765. The van der Waals surface area contributed by atoms with Gasteiger partial charge in [0, 0.05) is 5.02 Å². The molecule has 0 aliphatic rings. The third-order valence-electron chi connectivity index (χ3n) is 4.51. The van der Waals surface area contributed by atoms with Gasteiger partial charge in [-0.1, -0.05) is 48.9 Å². The molecule has 3 rings (SSSR count). The van der Waals surface area contributed by atoms with E-state index in [1.165, 1.54) is 30.3 Å². The van der Waals surface area contributed by atoms with Gasteiger partial charge in [-0.25, -0.2) is 12.8 Å². The van der Waals surface area contributed by atoms with Crippen LogP contribution in [-0.4, -0.2) is 14.3 Å². The predicted octanol–water partition coefficient (Wildman–Crippen LogP) is 5.16. The molecule has 0 radical (unpaired) electrons. The molecule has 3 aromatic rings. The van der Waals surface area contributed by atoms with E-state index in [0.29, 0.717) is 11.4 Å². The molecule has 8 heteroatoms. The molecule has 0 unspecified atom stereocenters. The topological polar surface area (TPSA) is 75.3 Å². The van der Waals surface area contributed by atoms with Crippen molar-refractivity contribution in [1.29, 1.82) is 0 Å². The Bertz CT molecular complexity index is 1140. The zero-order valence-electron chi connectivity index (χ0n) is 16.1. The molecule has 0 aliphatic heterocycles. The Hall–Kier alpha value is -2.90. The summed E-state index contributed by atoms with van der Waals surface area (Å²) in [4.78, 5) is 12.9. The van der Waals surface area contributed by atoms with Crippen LogP contribution in [0.15, 0.2) is 77.7 Å². The van der Waals surface area contributed by atoms with E-state index in [9.17, 15) is 17.6 Å². The van der Waals surface area contributed by atoms with Crippen LogP contribution in [0.4, 0.5) is 10.1 Å². The molecule has 0 fully saturated rings. The third-order valence-corrected chi connectivity index (χ3v) is 6.14. The SMILES string of the molecule is CC[C@H](NC(=O)c1cc(F)ccc1NS(=O)(=O)c1ccc(Cl)cc1)c1ccccc1. The molecular weight excluding hydrogens is 427 g/mol. The van der Waals surface area contributed by atoms with Crippen LogP contribution in [-0.2, 0) is 10.0 Å². The van der Waals surface area contributed by atoms with E-state index >= 15 is 0 Å². The number of amides is 1. The maximum atomic E-state index is 13.9. The van der Waals surface area contributed by atoms with Crippen LogP contribution in [0.1, 0.15) is 35.3 Å². The zero-order valence-corrected chi connectivity index (χ0v) is 17.7. The molecule has 1 amide bonds. The lowest BCUT2D eigenvalue weighted by atomic mass is 10.0. The molecule has 0 aromatic heterocycles. The summed E-state index contributed by atoms with van der Waals surface area (Å²) in [6.45, 7) is 1.91. The van der Waals surface area contributed by atoms with Crippen LogP contribution in [0.5, 0.6) is 0 Å². The van der Waals surface area contributed by atoms with E-state index < -0.39 is 21.7 Å². The minimum absolute atomic E-state index is 0.0215. The van der Waals surface area contributed by atoms with Gasteiger partial charge in [-0.05, 0) is 54.4 Å². The van der Waals surface area contributed by atoms with Gasteiger partial charge in [0.25, 0.3) is 15.9 Å². The van der Waals surface area contributed by atoms with Gasteiger partial charge < -0.3 is 5.32 Å². The first-order valence-corrected chi connectivity index (χ1v) is 11.1. The van der Waals surface area contributed by atoms with Crippen LogP contribution in [0, 0.1) is 5.82 Å². The third kappa shape index (κ3) is 5.17. The molecule has 0 heterocycles. The van der Waals surface area contributed by atoms with Gasteiger partial charge >= 0.3 is 0 Å². The van der Waals surface area contributed by atoms with Crippen molar-refractivity contribution >= 4 is 33.2 Å².